The Morgan fingerprint density at radius 2 is 2.30 bits per heavy atom. The molecule has 0 radical (unpaired) electrons. The Bertz CT molecular complexity index is 523. The van der Waals surface area contributed by atoms with E-state index in [4.69, 9.17) is 4.74 Å². The molecule has 2 aliphatic rings. The molecule has 0 spiro atoms. The van der Waals surface area contributed by atoms with Crippen molar-refractivity contribution in [3.8, 4) is 0 Å². The molecule has 128 valence electrons. The van der Waals surface area contributed by atoms with Crippen LogP contribution in [0, 0.1) is 5.92 Å². The number of hydrogen-bond donors (Lipinski definition) is 1. The van der Waals surface area contributed by atoms with E-state index in [0.717, 1.165) is 57.6 Å². The lowest BCUT2D eigenvalue weighted by atomic mass is 10.0. The van der Waals surface area contributed by atoms with Gasteiger partial charge in [0.05, 0.1) is 6.20 Å². The normalized spacial score (nSPS) is 21.9. The summed E-state index contributed by atoms with van der Waals surface area (Å²) in [4.78, 5) is 6.78. The summed E-state index contributed by atoms with van der Waals surface area (Å²) in [6.45, 7) is 4.79. The Labute approximate surface area is 138 Å². The minimum Gasteiger partial charge on any atom is -0.381 e. The number of likely N-dealkylation sites (tertiary alicyclic amines) is 1. The van der Waals surface area contributed by atoms with Gasteiger partial charge in [0.2, 0.25) is 0 Å². The number of guanidine groups is 1. The number of aromatic nitrogens is 2. The van der Waals surface area contributed by atoms with Crippen molar-refractivity contribution in [2.24, 2.45) is 18.0 Å². The molecule has 2 heterocycles. The van der Waals surface area contributed by atoms with E-state index in [1.165, 1.54) is 18.4 Å². The van der Waals surface area contributed by atoms with Crippen LogP contribution < -0.4 is 5.32 Å². The van der Waals surface area contributed by atoms with Crippen LogP contribution in [0.5, 0.6) is 0 Å². The molecule has 1 saturated carbocycles. The smallest absolute Gasteiger partial charge is 0.193 e. The number of aryl methyl sites for hydroxylation is 1. The number of ether oxygens (including phenoxy) is 1. The highest BCUT2D eigenvalue weighted by Gasteiger charge is 2.26. The van der Waals surface area contributed by atoms with Gasteiger partial charge < -0.3 is 15.0 Å². The molecule has 1 aliphatic heterocycles. The highest BCUT2D eigenvalue weighted by molar-refractivity contribution is 5.80. The molecular weight excluding hydrogens is 290 g/mol. The number of nitrogens with zero attached hydrogens (tertiary/aromatic N) is 4. The van der Waals surface area contributed by atoms with Crippen molar-refractivity contribution in [3.05, 3.63) is 18.0 Å². The van der Waals surface area contributed by atoms with Gasteiger partial charge in [0, 0.05) is 59.1 Å². The second kappa shape index (κ2) is 7.81. The van der Waals surface area contributed by atoms with E-state index in [1.807, 2.05) is 25.0 Å². The maximum absolute atomic E-state index is 5.67. The number of rotatable bonds is 7. The van der Waals surface area contributed by atoms with Crippen LogP contribution in [0.3, 0.4) is 0 Å². The fourth-order valence-corrected chi connectivity index (χ4v) is 3.12. The largest absolute Gasteiger partial charge is 0.381 e. The summed E-state index contributed by atoms with van der Waals surface area (Å²) < 4.78 is 7.55. The molecule has 0 amide bonds. The molecule has 6 heteroatoms. The van der Waals surface area contributed by atoms with Crippen LogP contribution in [0.2, 0.25) is 0 Å². The van der Waals surface area contributed by atoms with Gasteiger partial charge in [-0.3, -0.25) is 9.67 Å². The first-order valence-corrected chi connectivity index (χ1v) is 8.78. The summed E-state index contributed by atoms with van der Waals surface area (Å²) in [6, 6.07) is 0. The molecule has 23 heavy (non-hydrogen) atoms. The van der Waals surface area contributed by atoms with Gasteiger partial charge in [0.1, 0.15) is 0 Å². The Hall–Kier alpha value is -1.56. The molecule has 1 N–H and O–H groups in total. The van der Waals surface area contributed by atoms with Crippen LogP contribution in [0.15, 0.2) is 17.4 Å². The topological polar surface area (TPSA) is 54.7 Å². The van der Waals surface area contributed by atoms with Gasteiger partial charge in [-0.1, -0.05) is 0 Å². The number of nitrogens with one attached hydrogen (secondary N) is 1. The number of hydrogen-bond acceptors (Lipinski definition) is 3. The molecule has 0 bridgehead atoms. The molecule has 1 saturated heterocycles. The van der Waals surface area contributed by atoms with Crippen LogP contribution in [0.4, 0.5) is 0 Å². The third-order valence-electron chi connectivity index (χ3n) is 4.69. The maximum atomic E-state index is 5.67. The lowest BCUT2D eigenvalue weighted by Gasteiger charge is -2.21. The summed E-state index contributed by atoms with van der Waals surface area (Å²) >= 11 is 0. The van der Waals surface area contributed by atoms with Crippen LogP contribution in [0.25, 0.3) is 0 Å². The van der Waals surface area contributed by atoms with E-state index in [9.17, 15) is 0 Å². The summed E-state index contributed by atoms with van der Waals surface area (Å²) in [7, 11) is 3.84. The van der Waals surface area contributed by atoms with Crippen molar-refractivity contribution in [2.45, 2.75) is 31.6 Å². The Balaban J connectivity index is 1.36. The van der Waals surface area contributed by atoms with Crippen LogP contribution in [-0.4, -0.2) is 60.5 Å². The molecular formula is C17H29N5O. The van der Waals surface area contributed by atoms with Gasteiger partial charge in [0.25, 0.3) is 0 Å². The highest BCUT2D eigenvalue weighted by atomic mass is 16.5. The summed E-state index contributed by atoms with van der Waals surface area (Å²) in [6.07, 6.45) is 9.03. The van der Waals surface area contributed by atoms with Crippen molar-refractivity contribution >= 4 is 5.96 Å². The minimum absolute atomic E-state index is 0.559. The van der Waals surface area contributed by atoms with E-state index >= 15 is 0 Å². The minimum atomic E-state index is 0.559. The molecule has 6 nitrogen and oxygen atoms in total. The first-order valence-electron chi connectivity index (χ1n) is 8.78. The summed E-state index contributed by atoms with van der Waals surface area (Å²) in [5, 5.41) is 7.75. The first-order chi connectivity index (χ1) is 11.3. The van der Waals surface area contributed by atoms with Crippen molar-refractivity contribution in [2.75, 3.05) is 39.9 Å². The van der Waals surface area contributed by atoms with Gasteiger partial charge in [-0.05, 0) is 37.2 Å². The molecule has 1 aromatic heterocycles. The van der Waals surface area contributed by atoms with Crippen molar-refractivity contribution in [1.29, 1.82) is 0 Å². The van der Waals surface area contributed by atoms with E-state index in [0.29, 0.717) is 5.92 Å². The average Bonchev–Trinajstić information content (AvgIpc) is 3.06. The molecule has 1 aromatic rings. The zero-order chi connectivity index (χ0) is 16.1. The van der Waals surface area contributed by atoms with E-state index in [1.54, 1.807) is 0 Å². The Morgan fingerprint density at radius 3 is 3.00 bits per heavy atom. The second-order valence-corrected chi connectivity index (χ2v) is 6.72. The fraction of sp³-hybridized carbons (Fsp3) is 0.765. The lowest BCUT2D eigenvalue weighted by molar-refractivity contribution is 0.122. The van der Waals surface area contributed by atoms with Crippen molar-refractivity contribution in [1.82, 2.24) is 20.0 Å². The van der Waals surface area contributed by atoms with E-state index in [2.05, 4.69) is 26.5 Å². The lowest BCUT2D eigenvalue weighted by Crippen LogP contribution is -2.40. The quantitative estimate of drug-likeness (QED) is 0.471. The molecule has 1 atom stereocenters. The zero-order valence-electron chi connectivity index (χ0n) is 14.4. The molecule has 1 unspecified atom stereocenters. The number of aliphatic imine (C=N–C) groups is 1. The van der Waals surface area contributed by atoms with Crippen LogP contribution in [-0.2, 0) is 11.8 Å². The molecule has 3 rings (SSSR count). The van der Waals surface area contributed by atoms with E-state index < -0.39 is 0 Å². The van der Waals surface area contributed by atoms with Gasteiger partial charge in [-0.25, -0.2) is 0 Å². The standard InChI is InChI=1S/C17H29N5O/c1-18-17(19-7-3-9-23-13-14-4-5-14)22-8-6-15(12-22)16-10-20-21(2)11-16/h10-11,14-15H,3-9,12-13H2,1-2H3,(H,18,19). The monoisotopic (exact) mass is 319 g/mol. The summed E-state index contributed by atoms with van der Waals surface area (Å²) in [5.74, 6) is 2.42. The SMILES string of the molecule is CN=C(NCCCOCC1CC1)N1CCC(c2cnn(C)c2)C1. The Morgan fingerprint density at radius 1 is 1.43 bits per heavy atom. The maximum Gasteiger partial charge on any atom is 0.193 e. The van der Waals surface area contributed by atoms with Crippen molar-refractivity contribution in [3.63, 3.8) is 0 Å². The predicted molar refractivity (Wildman–Crippen MR) is 91.7 cm³/mol. The fourth-order valence-electron chi connectivity index (χ4n) is 3.12. The summed E-state index contributed by atoms with van der Waals surface area (Å²) in [5.41, 5.74) is 1.33. The highest BCUT2D eigenvalue weighted by Crippen LogP contribution is 2.28. The second-order valence-electron chi connectivity index (χ2n) is 6.72. The Kier molecular flexibility index (Phi) is 5.54. The van der Waals surface area contributed by atoms with Gasteiger partial charge in [0.15, 0.2) is 5.96 Å². The van der Waals surface area contributed by atoms with Gasteiger partial charge >= 0.3 is 0 Å². The van der Waals surface area contributed by atoms with Crippen LogP contribution in [0.1, 0.15) is 37.2 Å². The average molecular weight is 319 g/mol. The zero-order valence-corrected chi connectivity index (χ0v) is 14.4. The molecule has 2 fully saturated rings. The van der Waals surface area contributed by atoms with Crippen LogP contribution >= 0.6 is 0 Å². The first kappa shape index (κ1) is 16.3. The van der Waals surface area contributed by atoms with Crippen molar-refractivity contribution < 1.29 is 4.74 Å². The van der Waals surface area contributed by atoms with Gasteiger partial charge in [-0.15, -0.1) is 0 Å². The molecule has 1 aliphatic carbocycles. The predicted octanol–water partition coefficient (Wildman–Crippen LogP) is 1.60. The van der Waals surface area contributed by atoms with Gasteiger partial charge in [-0.2, -0.15) is 5.10 Å². The molecule has 0 aromatic carbocycles. The van der Waals surface area contributed by atoms with E-state index in [-0.39, 0.29) is 0 Å². The third-order valence-corrected chi connectivity index (χ3v) is 4.69. The third kappa shape index (κ3) is 4.70.